The first-order valence-corrected chi connectivity index (χ1v) is 20.4. The minimum absolute atomic E-state index is 0.0291. The normalized spacial score (nSPS) is 25.8. The molecule has 25 heteroatoms. The van der Waals surface area contributed by atoms with Crippen LogP contribution >= 0.6 is 0 Å². The van der Waals surface area contributed by atoms with Gasteiger partial charge in [0.25, 0.3) is 0 Å². The fourth-order valence-electron chi connectivity index (χ4n) is 6.46. The molecule has 24 nitrogen and oxygen atoms in total. The van der Waals surface area contributed by atoms with Gasteiger partial charge in [0.05, 0.1) is 36.3 Å². The van der Waals surface area contributed by atoms with Crippen molar-refractivity contribution in [1.82, 2.24) is 15.0 Å². The van der Waals surface area contributed by atoms with Crippen molar-refractivity contribution in [2.75, 3.05) is 23.8 Å². The topological polar surface area (TPSA) is 304 Å². The Morgan fingerprint density at radius 3 is 1.63 bits per heavy atom. The number of esters is 7. The van der Waals surface area contributed by atoms with Crippen LogP contribution in [0.5, 0.6) is 0 Å². The van der Waals surface area contributed by atoms with Crippen molar-refractivity contribution < 1.29 is 89.3 Å². The van der Waals surface area contributed by atoms with Crippen molar-refractivity contribution >= 4 is 57.5 Å². The Balaban J connectivity index is 1.83. The summed E-state index contributed by atoms with van der Waals surface area (Å²) in [5, 5.41) is 17.4. The van der Waals surface area contributed by atoms with E-state index in [4.69, 9.17) is 47.4 Å². The Bertz CT molecular complexity index is 2140. The average molecular weight is 896 g/mol. The van der Waals surface area contributed by atoms with Crippen molar-refractivity contribution in [1.29, 1.82) is 5.26 Å². The molecule has 2 aliphatic rings. The van der Waals surface area contributed by atoms with Gasteiger partial charge in [0.1, 0.15) is 37.2 Å². The monoisotopic (exact) mass is 895 g/mol. The van der Waals surface area contributed by atoms with Crippen LogP contribution in [0.4, 0.5) is 5.69 Å². The molecule has 4 rings (SSSR count). The summed E-state index contributed by atoms with van der Waals surface area (Å²) < 4.78 is 84.8. The van der Waals surface area contributed by atoms with Gasteiger partial charge in [-0.15, -0.1) is 5.10 Å². The first-order valence-electron chi connectivity index (χ1n) is 18.6. The first kappa shape index (κ1) is 48.4. The van der Waals surface area contributed by atoms with Gasteiger partial charge in [-0.25, -0.2) is 13.1 Å². The molecular formula is C37H45N5O19S. The Kier molecular flexibility index (Phi) is 16.4. The van der Waals surface area contributed by atoms with Gasteiger partial charge in [-0.2, -0.15) is 5.26 Å². The predicted molar refractivity (Wildman–Crippen MR) is 201 cm³/mol. The molecule has 2 fully saturated rings. The summed E-state index contributed by atoms with van der Waals surface area (Å²) in [6.07, 6.45) is -14.5. The van der Waals surface area contributed by atoms with Gasteiger partial charge in [-0.3, -0.25) is 37.9 Å². The van der Waals surface area contributed by atoms with Crippen LogP contribution in [-0.2, 0) is 97.5 Å². The van der Waals surface area contributed by atoms with E-state index in [-0.39, 0.29) is 16.9 Å². The van der Waals surface area contributed by atoms with Gasteiger partial charge in [-0.1, -0.05) is 5.21 Å². The molecule has 2 aliphatic heterocycles. The lowest BCUT2D eigenvalue weighted by Crippen LogP contribution is -2.66. The van der Waals surface area contributed by atoms with E-state index < -0.39 is 133 Å². The van der Waals surface area contributed by atoms with E-state index in [1.54, 1.807) is 0 Å². The van der Waals surface area contributed by atoms with Crippen molar-refractivity contribution in [3.8, 4) is 6.07 Å². The number of hydrogen-bond donors (Lipinski definition) is 0. The number of anilines is 1. The lowest BCUT2D eigenvalue weighted by molar-refractivity contribution is -0.349. The highest BCUT2D eigenvalue weighted by Gasteiger charge is 2.58. The number of hydrogen-bond acceptors (Lipinski definition) is 22. The summed E-state index contributed by atoms with van der Waals surface area (Å²) in [7, 11) is -3.96. The molecule has 0 bridgehead atoms. The smallest absolute Gasteiger partial charge is 0.303 e. The molecule has 0 saturated carbocycles. The molecule has 1 aromatic heterocycles. The van der Waals surface area contributed by atoms with Crippen LogP contribution in [0.15, 0.2) is 30.5 Å². The molecule has 0 unspecified atom stereocenters. The quantitative estimate of drug-likeness (QED) is 0.157. The van der Waals surface area contributed by atoms with Crippen molar-refractivity contribution in [2.24, 2.45) is 0 Å². The van der Waals surface area contributed by atoms with Gasteiger partial charge >= 0.3 is 41.8 Å². The summed E-state index contributed by atoms with van der Waals surface area (Å²) in [6, 6.07) is 7.62. The van der Waals surface area contributed by atoms with E-state index in [2.05, 4.69) is 10.3 Å². The van der Waals surface area contributed by atoms with Crippen LogP contribution in [0.2, 0.25) is 0 Å². The van der Waals surface area contributed by atoms with E-state index in [1.807, 2.05) is 6.07 Å². The fourth-order valence-corrected chi connectivity index (χ4v) is 7.33. The molecule has 0 amide bonds. The summed E-state index contributed by atoms with van der Waals surface area (Å²) in [5.41, 5.74) is 0.494. The van der Waals surface area contributed by atoms with Crippen LogP contribution < -0.4 is 4.31 Å². The van der Waals surface area contributed by atoms with Crippen LogP contribution in [-0.4, -0.2) is 140 Å². The zero-order valence-electron chi connectivity index (χ0n) is 34.7. The number of nitrogens with zero attached hydrogens (tertiary/aromatic N) is 5. The molecular weight excluding hydrogens is 850 g/mol. The summed E-state index contributed by atoms with van der Waals surface area (Å²) >= 11 is 0. The largest absolute Gasteiger partial charge is 0.463 e. The Morgan fingerprint density at radius 2 is 1.15 bits per heavy atom. The Hall–Kier alpha value is -6.23. The average Bonchev–Trinajstić information content (AvgIpc) is 3.63. The van der Waals surface area contributed by atoms with Gasteiger partial charge in [-0.05, 0) is 24.3 Å². The number of ether oxygens (including phenoxy) is 10. The van der Waals surface area contributed by atoms with Crippen LogP contribution in [0.3, 0.4) is 0 Å². The lowest BCUT2D eigenvalue weighted by Gasteiger charge is -2.48. The van der Waals surface area contributed by atoms with Crippen LogP contribution in [0, 0.1) is 11.3 Å². The number of carbonyl (C=O) groups excluding carboxylic acids is 7. The van der Waals surface area contributed by atoms with Crippen molar-refractivity contribution in [3.05, 3.63) is 41.7 Å². The van der Waals surface area contributed by atoms with Gasteiger partial charge in [0.2, 0.25) is 10.0 Å². The van der Waals surface area contributed by atoms with E-state index >= 15 is 0 Å². The molecule has 2 aromatic rings. The van der Waals surface area contributed by atoms with E-state index in [0.29, 0.717) is 0 Å². The first-order chi connectivity index (χ1) is 29.1. The standard InChI is InChI=1S/C37H45N5O19S/c1-18(43)52-16-28-31(61-37-35(58-24(7)49)33(56-22(5)47)30(54-20(3)45)29(60-37)17-53-19(2)44)32(55-21(4)46)34(57-23(6)48)36(59-28)41-14-26(39-40-41)15-42(62(8,50)51)27-11-9-25(13-38)10-12-27/h9-12,14,28-37H,15-17H2,1-8H3/t28-,29-,30-,31-,32+,33+,34-,35-,36-,37-/m1/s1. The zero-order valence-corrected chi connectivity index (χ0v) is 35.5. The molecule has 0 aliphatic carbocycles. The molecule has 0 spiro atoms. The molecule has 338 valence electrons. The third kappa shape index (κ3) is 13.1. The number of aromatic nitrogens is 3. The third-order valence-electron chi connectivity index (χ3n) is 8.71. The summed E-state index contributed by atoms with van der Waals surface area (Å²) in [5.74, 6) is -6.30. The maximum absolute atomic E-state index is 12.9. The second kappa shape index (κ2) is 21.0. The highest BCUT2D eigenvalue weighted by molar-refractivity contribution is 7.92. The van der Waals surface area contributed by atoms with Gasteiger partial charge < -0.3 is 47.4 Å². The second-order valence-corrected chi connectivity index (χ2v) is 15.7. The molecule has 62 heavy (non-hydrogen) atoms. The minimum atomic E-state index is -3.96. The lowest BCUT2D eigenvalue weighted by atomic mass is 9.95. The zero-order chi connectivity index (χ0) is 46.1. The van der Waals surface area contributed by atoms with Gasteiger partial charge in [0.15, 0.2) is 43.0 Å². The third-order valence-corrected chi connectivity index (χ3v) is 9.85. The van der Waals surface area contributed by atoms with Crippen molar-refractivity contribution in [3.63, 3.8) is 0 Å². The maximum atomic E-state index is 12.9. The molecule has 0 radical (unpaired) electrons. The summed E-state index contributed by atoms with van der Waals surface area (Å²) in [6.45, 7) is 5.54. The SMILES string of the molecule is CC(=O)OC[C@H]1O[C@@H](n2cc(CN(c3ccc(C#N)cc3)S(C)(=O)=O)nn2)[C@H](OC(C)=O)[C@@H](OC(C)=O)[C@@H]1O[C@H]1O[C@H](COC(C)=O)[C@@H](OC(C)=O)[C@H](OC(C)=O)[C@H]1OC(C)=O. The maximum Gasteiger partial charge on any atom is 0.303 e. The highest BCUT2D eigenvalue weighted by atomic mass is 32.2. The van der Waals surface area contributed by atoms with E-state index in [0.717, 1.165) is 63.7 Å². The number of sulfonamides is 1. The number of nitriles is 1. The van der Waals surface area contributed by atoms with Gasteiger partial charge in [0, 0.05) is 48.5 Å². The number of rotatable bonds is 16. The predicted octanol–water partition coefficient (Wildman–Crippen LogP) is -0.0918. The molecule has 1 aromatic carbocycles. The van der Waals surface area contributed by atoms with E-state index in [1.165, 1.54) is 30.5 Å². The Morgan fingerprint density at radius 1 is 0.677 bits per heavy atom. The molecule has 2 saturated heterocycles. The van der Waals surface area contributed by atoms with Crippen molar-refractivity contribution in [2.45, 2.75) is 116 Å². The molecule has 10 atom stereocenters. The second-order valence-electron chi connectivity index (χ2n) is 13.8. The van der Waals surface area contributed by atoms with Crippen LogP contribution in [0.25, 0.3) is 0 Å². The molecule has 0 N–H and O–H groups in total. The highest BCUT2D eigenvalue weighted by Crippen LogP contribution is 2.38. The number of benzene rings is 1. The molecule has 3 heterocycles. The van der Waals surface area contributed by atoms with E-state index in [9.17, 15) is 47.2 Å². The van der Waals surface area contributed by atoms with Crippen LogP contribution in [0.1, 0.15) is 66.0 Å². The summed E-state index contributed by atoms with van der Waals surface area (Å²) in [4.78, 5) is 86.8. The minimum Gasteiger partial charge on any atom is -0.463 e. The fraction of sp³-hybridized carbons (Fsp3) is 0.568. The number of carbonyl (C=O) groups is 7. The Labute approximate surface area is 354 Å².